The van der Waals surface area contributed by atoms with Crippen molar-refractivity contribution in [2.45, 2.75) is 69.9 Å². The maximum atomic E-state index is 14.1. The lowest BCUT2D eigenvalue weighted by Gasteiger charge is -2.44. The number of carbonyl (C=O) groups is 4. The molecule has 1 aromatic heterocycles. The third kappa shape index (κ3) is 8.29. The Morgan fingerprint density at radius 1 is 0.926 bits per heavy atom. The van der Waals surface area contributed by atoms with Crippen LogP contribution in [0, 0.1) is 5.92 Å². The monoisotopic (exact) mass is 773 g/mol. The average molecular weight is 775 g/mol. The van der Waals surface area contributed by atoms with Crippen molar-refractivity contribution in [3.8, 4) is 0 Å². The first-order chi connectivity index (χ1) is 26.0. The minimum atomic E-state index is -0.781. The standard InChI is InChI=1S/C41H45Cl2N5O6/c1-45-24-31(30-10-5-6-11-35(30)45)39(51)44-34-22-32(42)28(20-33(34)43)21-37(49)48-17-7-12-36(48)40(54-29-15-13-27(14-16-29)41(52)53)47-19-18-46(38(50)25-47)23-26-8-3-2-4-9-26/h2-6,8-11,20,22,24,27,29,36,40H,7,12-19,21,23,25H2,1H3,(H,44,51)(H,52,53)/t27?,29?,36-,40?/m0/s1. The fourth-order valence-electron chi connectivity index (χ4n) is 8.17. The molecule has 54 heavy (non-hydrogen) atoms. The number of fused-ring (bicyclic) bond motifs is 1. The van der Waals surface area contributed by atoms with Crippen molar-refractivity contribution in [3.63, 3.8) is 0 Å². The first-order valence-corrected chi connectivity index (χ1v) is 19.4. The number of ether oxygens (including phenoxy) is 1. The minimum absolute atomic E-state index is 0.00165. The Bertz CT molecular complexity index is 2030. The number of carboxylic acids is 1. The number of likely N-dealkylation sites (tertiary alicyclic amines) is 1. The molecule has 3 aliphatic rings. The summed E-state index contributed by atoms with van der Waals surface area (Å²) in [5.41, 5.74) is 3.38. The van der Waals surface area contributed by atoms with E-state index in [-0.39, 0.29) is 53.8 Å². The third-order valence-electron chi connectivity index (χ3n) is 11.1. The number of carboxylic acid groups (broad SMARTS) is 1. The van der Waals surface area contributed by atoms with Gasteiger partial charge < -0.3 is 29.5 Å². The molecule has 2 atom stereocenters. The molecular formula is C41H45Cl2N5O6. The van der Waals surface area contributed by atoms with E-state index in [4.69, 9.17) is 27.9 Å². The molecule has 1 saturated carbocycles. The number of piperazine rings is 1. The summed E-state index contributed by atoms with van der Waals surface area (Å²) in [5.74, 6) is -1.63. The second-order valence-electron chi connectivity index (χ2n) is 14.6. The van der Waals surface area contributed by atoms with E-state index in [1.807, 2.05) is 76.0 Å². The smallest absolute Gasteiger partial charge is 0.306 e. The van der Waals surface area contributed by atoms with Crippen LogP contribution in [-0.4, -0.2) is 92.6 Å². The first-order valence-electron chi connectivity index (χ1n) is 18.6. The van der Waals surface area contributed by atoms with Gasteiger partial charge in [-0.05, 0) is 67.9 Å². The molecule has 3 aromatic carbocycles. The molecule has 284 valence electrons. The van der Waals surface area contributed by atoms with Crippen molar-refractivity contribution in [3.05, 3.63) is 99.7 Å². The highest BCUT2D eigenvalue weighted by Gasteiger charge is 2.42. The molecule has 1 aliphatic carbocycles. The molecule has 0 radical (unpaired) electrons. The maximum absolute atomic E-state index is 14.1. The summed E-state index contributed by atoms with van der Waals surface area (Å²) < 4.78 is 8.71. The Labute approximate surface area is 324 Å². The van der Waals surface area contributed by atoms with Gasteiger partial charge in [-0.3, -0.25) is 24.1 Å². The summed E-state index contributed by atoms with van der Waals surface area (Å²) in [6.45, 7) is 2.33. The highest BCUT2D eigenvalue weighted by Crippen LogP contribution is 2.35. The molecule has 4 aromatic rings. The van der Waals surface area contributed by atoms with Gasteiger partial charge in [-0.25, -0.2) is 0 Å². The van der Waals surface area contributed by atoms with Crippen LogP contribution in [0.25, 0.3) is 10.9 Å². The maximum Gasteiger partial charge on any atom is 0.306 e. The molecule has 2 aliphatic heterocycles. The summed E-state index contributed by atoms with van der Waals surface area (Å²) in [4.78, 5) is 58.4. The first kappa shape index (κ1) is 37.9. The second-order valence-corrected chi connectivity index (χ2v) is 15.4. The average Bonchev–Trinajstić information content (AvgIpc) is 3.79. The lowest BCUT2D eigenvalue weighted by Crippen LogP contribution is -2.60. The van der Waals surface area contributed by atoms with Gasteiger partial charge in [0.05, 0.1) is 47.3 Å². The summed E-state index contributed by atoms with van der Waals surface area (Å²) >= 11 is 13.4. The van der Waals surface area contributed by atoms with Gasteiger partial charge in [0.1, 0.15) is 6.23 Å². The lowest BCUT2D eigenvalue weighted by atomic mass is 9.87. The van der Waals surface area contributed by atoms with Gasteiger partial charge in [0.2, 0.25) is 11.8 Å². The second kappa shape index (κ2) is 16.5. The summed E-state index contributed by atoms with van der Waals surface area (Å²) in [5, 5.41) is 13.8. The van der Waals surface area contributed by atoms with Gasteiger partial charge in [-0.2, -0.15) is 0 Å². The van der Waals surface area contributed by atoms with Crippen LogP contribution in [0.4, 0.5) is 5.69 Å². The van der Waals surface area contributed by atoms with Crippen LogP contribution in [0.3, 0.4) is 0 Å². The van der Waals surface area contributed by atoms with Crippen molar-refractivity contribution in [1.29, 1.82) is 0 Å². The van der Waals surface area contributed by atoms with Gasteiger partial charge in [0, 0.05) is 55.3 Å². The zero-order chi connectivity index (χ0) is 37.9. The molecule has 3 heterocycles. The van der Waals surface area contributed by atoms with Gasteiger partial charge in [-0.1, -0.05) is 71.7 Å². The third-order valence-corrected chi connectivity index (χ3v) is 11.8. The summed E-state index contributed by atoms with van der Waals surface area (Å²) in [6, 6.07) is 20.4. The zero-order valence-corrected chi connectivity index (χ0v) is 31.8. The van der Waals surface area contributed by atoms with Crippen LogP contribution in [-0.2, 0) is 39.1 Å². The number of benzene rings is 3. The van der Waals surface area contributed by atoms with E-state index in [0.29, 0.717) is 80.1 Å². The van der Waals surface area contributed by atoms with E-state index in [9.17, 15) is 24.3 Å². The number of nitrogens with zero attached hydrogens (tertiary/aromatic N) is 4. The predicted molar refractivity (Wildman–Crippen MR) is 207 cm³/mol. The number of halogens is 2. The number of amides is 3. The molecule has 7 rings (SSSR count). The molecule has 13 heteroatoms. The Morgan fingerprint density at radius 2 is 1.67 bits per heavy atom. The Morgan fingerprint density at radius 3 is 2.41 bits per heavy atom. The van der Waals surface area contributed by atoms with Gasteiger partial charge >= 0.3 is 5.97 Å². The number of aromatic nitrogens is 1. The van der Waals surface area contributed by atoms with Crippen molar-refractivity contribution < 1.29 is 29.0 Å². The van der Waals surface area contributed by atoms with E-state index >= 15 is 0 Å². The number of nitrogens with one attached hydrogen (secondary N) is 1. The number of aliphatic carboxylic acids is 1. The van der Waals surface area contributed by atoms with Gasteiger partial charge in [-0.15, -0.1) is 0 Å². The molecule has 1 unspecified atom stereocenters. The Kier molecular flexibility index (Phi) is 11.6. The normalized spacial score (nSPS) is 21.4. The van der Waals surface area contributed by atoms with Crippen molar-refractivity contribution in [2.24, 2.45) is 13.0 Å². The van der Waals surface area contributed by atoms with E-state index in [0.717, 1.165) is 22.9 Å². The molecule has 2 saturated heterocycles. The number of rotatable bonds is 11. The molecule has 3 amide bonds. The quantitative estimate of drug-likeness (QED) is 0.176. The highest BCUT2D eigenvalue weighted by molar-refractivity contribution is 6.36. The van der Waals surface area contributed by atoms with E-state index in [2.05, 4.69) is 10.2 Å². The highest BCUT2D eigenvalue weighted by atomic mass is 35.5. The van der Waals surface area contributed by atoms with Crippen LogP contribution in [0.15, 0.2) is 72.9 Å². The molecule has 3 fully saturated rings. The van der Waals surface area contributed by atoms with Gasteiger partial charge in [0.25, 0.3) is 5.91 Å². The van der Waals surface area contributed by atoms with Crippen LogP contribution in [0.1, 0.15) is 60.0 Å². The SMILES string of the molecule is Cn1cc(C(=O)Nc2cc(Cl)c(CC(=O)N3CCC[C@H]3C(OC3CCC(C(=O)O)CC3)N3CCN(Cc4ccccc4)C(=O)C3)cc2Cl)c2ccccc21. The molecular weight excluding hydrogens is 729 g/mol. The predicted octanol–water partition coefficient (Wildman–Crippen LogP) is 6.60. The van der Waals surface area contributed by atoms with Crippen molar-refractivity contribution in [1.82, 2.24) is 19.3 Å². The van der Waals surface area contributed by atoms with Gasteiger partial charge in [0.15, 0.2) is 0 Å². The summed E-state index contributed by atoms with van der Waals surface area (Å²) in [6.07, 6.45) is 4.80. The van der Waals surface area contributed by atoms with Crippen LogP contribution >= 0.6 is 23.2 Å². The minimum Gasteiger partial charge on any atom is -0.481 e. The van der Waals surface area contributed by atoms with Crippen molar-refractivity contribution >= 4 is 63.5 Å². The number of hydrogen-bond acceptors (Lipinski definition) is 6. The number of anilines is 1. The number of carbonyl (C=O) groups excluding carboxylic acids is 3. The molecule has 2 N–H and O–H groups in total. The topological polar surface area (TPSA) is 124 Å². The molecule has 11 nitrogen and oxygen atoms in total. The van der Waals surface area contributed by atoms with E-state index in [1.54, 1.807) is 18.3 Å². The Hall–Kier alpha value is -4.42. The van der Waals surface area contributed by atoms with Crippen LogP contribution in [0.2, 0.25) is 10.0 Å². The number of para-hydroxylation sites is 1. The lowest BCUT2D eigenvalue weighted by molar-refractivity contribution is -0.170. The van der Waals surface area contributed by atoms with Crippen LogP contribution < -0.4 is 5.32 Å². The zero-order valence-electron chi connectivity index (χ0n) is 30.3. The number of aryl methyl sites for hydroxylation is 1. The molecule has 0 spiro atoms. The number of hydrogen-bond donors (Lipinski definition) is 2. The molecule has 0 bridgehead atoms. The van der Waals surface area contributed by atoms with E-state index in [1.165, 1.54) is 0 Å². The van der Waals surface area contributed by atoms with E-state index < -0.39 is 12.2 Å². The van der Waals surface area contributed by atoms with Crippen LogP contribution in [0.5, 0.6) is 0 Å². The van der Waals surface area contributed by atoms with Crippen molar-refractivity contribution in [2.75, 3.05) is 31.5 Å². The Balaban J connectivity index is 1.06. The summed E-state index contributed by atoms with van der Waals surface area (Å²) in [7, 11) is 1.88. The fourth-order valence-corrected chi connectivity index (χ4v) is 8.64. The largest absolute Gasteiger partial charge is 0.481 e. The fraction of sp³-hybridized carbons (Fsp3) is 0.415.